The summed E-state index contributed by atoms with van der Waals surface area (Å²) in [5.74, 6) is -0.154. The predicted molar refractivity (Wildman–Crippen MR) is 101 cm³/mol. The number of rotatable bonds is 4. The Morgan fingerprint density at radius 1 is 1.08 bits per heavy atom. The zero-order chi connectivity index (χ0) is 18.7. The molecule has 0 aliphatic carbocycles. The van der Waals surface area contributed by atoms with E-state index in [0.717, 1.165) is 10.8 Å². The van der Waals surface area contributed by atoms with Crippen molar-refractivity contribution < 1.29 is 14.7 Å². The summed E-state index contributed by atoms with van der Waals surface area (Å²) in [5.41, 5.74) is 0.328. The largest absolute Gasteiger partial charge is 0.507 e. The third-order valence-corrected chi connectivity index (χ3v) is 4.57. The molecule has 26 heavy (non-hydrogen) atoms. The first-order valence-corrected chi connectivity index (χ1v) is 8.97. The lowest BCUT2D eigenvalue weighted by Crippen LogP contribution is -2.51. The van der Waals surface area contributed by atoms with Crippen LogP contribution in [-0.4, -0.2) is 65.5 Å². The fraction of sp³-hybridized carbons (Fsp3) is 0.400. The van der Waals surface area contributed by atoms with Crippen LogP contribution in [0.15, 0.2) is 36.4 Å². The molecule has 1 heterocycles. The van der Waals surface area contributed by atoms with Gasteiger partial charge in [0.15, 0.2) is 0 Å². The van der Waals surface area contributed by atoms with Gasteiger partial charge in [-0.3, -0.25) is 14.5 Å². The fourth-order valence-electron chi connectivity index (χ4n) is 3.25. The van der Waals surface area contributed by atoms with Gasteiger partial charge < -0.3 is 15.3 Å². The molecule has 0 atom stereocenters. The van der Waals surface area contributed by atoms with Crippen molar-refractivity contribution in [2.24, 2.45) is 0 Å². The SMILES string of the molecule is CC(C)NC(=O)CN1CCN(C(=O)c2cc3ccccc3cc2O)CC1. The molecule has 2 amide bonds. The maximum atomic E-state index is 12.8. The maximum absolute atomic E-state index is 12.8. The summed E-state index contributed by atoms with van der Waals surface area (Å²) < 4.78 is 0. The van der Waals surface area contributed by atoms with Gasteiger partial charge >= 0.3 is 0 Å². The molecule has 0 unspecified atom stereocenters. The highest BCUT2D eigenvalue weighted by molar-refractivity contribution is 6.01. The molecule has 2 N–H and O–H groups in total. The van der Waals surface area contributed by atoms with Crippen LogP contribution in [0, 0.1) is 0 Å². The molecule has 3 rings (SSSR count). The summed E-state index contributed by atoms with van der Waals surface area (Å²) in [5, 5.41) is 15.0. The Balaban J connectivity index is 1.64. The summed E-state index contributed by atoms with van der Waals surface area (Å²) >= 11 is 0. The second-order valence-corrected chi connectivity index (χ2v) is 7.01. The maximum Gasteiger partial charge on any atom is 0.257 e. The van der Waals surface area contributed by atoms with Crippen LogP contribution in [0.4, 0.5) is 0 Å². The molecule has 6 nitrogen and oxygen atoms in total. The molecule has 2 aromatic rings. The van der Waals surface area contributed by atoms with Gasteiger partial charge in [-0.05, 0) is 36.8 Å². The molecule has 138 valence electrons. The molecular formula is C20H25N3O3. The van der Waals surface area contributed by atoms with Crippen LogP contribution in [0.1, 0.15) is 24.2 Å². The molecule has 1 aliphatic heterocycles. The number of hydrogen-bond donors (Lipinski definition) is 2. The van der Waals surface area contributed by atoms with Gasteiger partial charge in [-0.1, -0.05) is 24.3 Å². The molecule has 0 aromatic heterocycles. The fourth-order valence-corrected chi connectivity index (χ4v) is 3.25. The lowest BCUT2D eigenvalue weighted by molar-refractivity contribution is -0.123. The van der Waals surface area contributed by atoms with Crippen LogP contribution < -0.4 is 5.32 Å². The molecule has 1 aliphatic rings. The van der Waals surface area contributed by atoms with Gasteiger partial charge in [0.25, 0.3) is 5.91 Å². The molecule has 2 aromatic carbocycles. The van der Waals surface area contributed by atoms with Crippen molar-refractivity contribution in [1.82, 2.24) is 15.1 Å². The Morgan fingerprint density at radius 3 is 2.31 bits per heavy atom. The molecular weight excluding hydrogens is 330 g/mol. The molecule has 0 spiro atoms. The predicted octanol–water partition coefficient (Wildman–Crippen LogP) is 1.83. The number of fused-ring (bicyclic) bond motifs is 1. The number of aromatic hydroxyl groups is 1. The Kier molecular flexibility index (Phi) is 5.42. The van der Waals surface area contributed by atoms with E-state index >= 15 is 0 Å². The monoisotopic (exact) mass is 355 g/mol. The van der Waals surface area contributed by atoms with Crippen molar-refractivity contribution in [3.05, 3.63) is 42.0 Å². The highest BCUT2D eigenvalue weighted by Gasteiger charge is 2.25. The molecule has 0 saturated carbocycles. The molecule has 1 saturated heterocycles. The molecule has 6 heteroatoms. The molecule has 0 radical (unpaired) electrons. The van der Waals surface area contributed by atoms with E-state index in [0.29, 0.717) is 38.3 Å². The van der Waals surface area contributed by atoms with Crippen molar-refractivity contribution in [3.63, 3.8) is 0 Å². The highest BCUT2D eigenvalue weighted by atomic mass is 16.3. The number of nitrogens with one attached hydrogen (secondary N) is 1. The zero-order valence-electron chi connectivity index (χ0n) is 15.2. The number of amides is 2. The van der Waals surface area contributed by atoms with Crippen LogP contribution >= 0.6 is 0 Å². The van der Waals surface area contributed by atoms with Gasteiger partial charge in [0, 0.05) is 32.2 Å². The Labute approximate surface area is 153 Å². The summed E-state index contributed by atoms with van der Waals surface area (Å²) in [4.78, 5) is 28.4. The third kappa shape index (κ3) is 4.14. The van der Waals surface area contributed by atoms with E-state index < -0.39 is 0 Å². The van der Waals surface area contributed by atoms with Crippen LogP contribution in [0.25, 0.3) is 10.8 Å². The van der Waals surface area contributed by atoms with E-state index in [1.807, 2.05) is 43.0 Å². The van der Waals surface area contributed by atoms with Crippen LogP contribution in [0.3, 0.4) is 0 Å². The van der Waals surface area contributed by atoms with E-state index in [9.17, 15) is 14.7 Å². The number of carbonyl (C=O) groups excluding carboxylic acids is 2. The summed E-state index contributed by atoms with van der Waals surface area (Å²) in [6.45, 7) is 6.59. The summed E-state index contributed by atoms with van der Waals surface area (Å²) in [6.07, 6.45) is 0. The normalized spacial score (nSPS) is 15.4. The minimum Gasteiger partial charge on any atom is -0.507 e. The van der Waals surface area contributed by atoms with Gasteiger partial charge in [0.1, 0.15) is 5.75 Å². The van der Waals surface area contributed by atoms with Gasteiger partial charge in [0.05, 0.1) is 12.1 Å². The first-order valence-electron chi connectivity index (χ1n) is 8.97. The van der Waals surface area contributed by atoms with E-state index in [4.69, 9.17) is 0 Å². The lowest BCUT2D eigenvalue weighted by Gasteiger charge is -2.34. The van der Waals surface area contributed by atoms with Gasteiger partial charge in [-0.25, -0.2) is 0 Å². The van der Waals surface area contributed by atoms with Gasteiger partial charge in [-0.2, -0.15) is 0 Å². The summed E-state index contributed by atoms with van der Waals surface area (Å²) in [7, 11) is 0. The number of phenols is 1. The van der Waals surface area contributed by atoms with E-state index in [-0.39, 0.29) is 23.6 Å². The molecule has 0 bridgehead atoms. The quantitative estimate of drug-likeness (QED) is 0.878. The highest BCUT2D eigenvalue weighted by Crippen LogP contribution is 2.26. The topological polar surface area (TPSA) is 72.9 Å². The Morgan fingerprint density at radius 2 is 1.69 bits per heavy atom. The van der Waals surface area contributed by atoms with Crippen molar-refractivity contribution in [1.29, 1.82) is 0 Å². The first kappa shape index (κ1) is 18.2. The van der Waals surface area contributed by atoms with Crippen LogP contribution in [-0.2, 0) is 4.79 Å². The van der Waals surface area contributed by atoms with Crippen LogP contribution in [0.5, 0.6) is 5.75 Å². The number of carbonyl (C=O) groups is 2. The van der Waals surface area contributed by atoms with Crippen molar-refractivity contribution in [2.75, 3.05) is 32.7 Å². The van der Waals surface area contributed by atoms with Gasteiger partial charge in [-0.15, -0.1) is 0 Å². The van der Waals surface area contributed by atoms with E-state index in [2.05, 4.69) is 5.32 Å². The number of hydrogen-bond acceptors (Lipinski definition) is 4. The summed E-state index contributed by atoms with van der Waals surface area (Å²) in [6, 6.07) is 11.2. The Hall–Kier alpha value is -2.60. The Bertz CT molecular complexity index is 811. The lowest BCUT2D eigenvalue weighted by atomic mass is 10.0. The number of nitrogens with zero attached hydrogens (tertiary/aromatic N) is 2. The van der Waals surface area contributed by atoms with E-state index in [1.165, 1.54) is 0 Å². The minimum absolute atomic E-state index is 0.00644. The van der Waals surface area contributed by atoms with Gasteiger partial charge in [0.2, 0.25) is 5.91 Å². The number of phenolic OH excluding ortho intramolecular Hbond substituents is 1. The second kappa shape index (κ2) is 7.74. The first-order chi connectivity index (χ1) is 12.4. The second-order valence-electron chi connectivity index (χ2n) is 7.01. The van der Waals surface area contributed by atoms with E-state index in [1.54, 1.807) is 17.0 Å². The average molecular weight is 355 g/mol. The molecule has 1 fully saturated rings. The standard InChI is InChI=1S/C20H25N3O3/c1-14(2)21-19(25)13-22-7-9-23(10-8-22)20(26)17-11-15-5-3-4-6-16(15)12-18(17)24/h3-6,11-12,14,24H,7-10,13H2,1-2H3,(H,21,25). The van der Waals surface area contributed by atoms with Crippen molar-refractivity contribution >= 4 is 22.6 Å². The van der Waals surface area contributed by atoms with Crippen molar-refractivity contribution in [2.45, 2.75) is 19.9 Å². The smallest absolute Gasteiger partial charge is 0.257 e. The third-order valence-electron chi connectivity index (χ3n) is 4.57. The zero-order valence-corrected chi connectivity index (χ0v) is 15.2. The number of piperazine rings is 1. The van der Waals surface area contributed by atoms with Crippen LogP contribution in [0.2, 0.25) is 0 Å². The van der Waals surface area contributed by atoms with Crippen molar-refractivity contribution in [3.8, 4) is 5.75 Å². The number of benzene rings is 2. The average Bonchev–Trinajstić information content (AvgIpc) is 2.60. The minimum atomic E-state index is -0.167.